The van der Waals surface area contributed by atoms with Crippen molar-refractivity contribution in [1.82, 2.24) is 5.32 Å². The Morgan fingerprint density at radius 2 is 2.16 bits per heavy atom. The Labute approximate surface area is 113 Å². The Bertz CT molecular complexity index is 455. The molecule has 0 aromatic heterocycles. The number of nitrogens with two attached hydrogens (primary N) is 1. The van der Waals surface area contributed by atoms with Crippen molar-refractivity contribution in [3.05, 3.63) is 35.1 Å². The highest BCUT2D eigenvalue weighted by molar-refractivity contribution is 5.92. The number of benzene rings is 1. The fourth-order valence-electron chi connectivity index (χ4n) is 2.76. The topological polar surface area (TPSA) is 55.1 Å². The van der Waals surface area contributed by atoms with Gasteiger partial charge in [-0.15, -0.1) is 0 Å². The molecule has 0 saturated heterocycles. The molecule has 104 valence electrons. The van der Waals surface area contributed by atoms with Gasteiger partial charge in [0.15, 0.2) is 0 Å². The predicted molar refractivity (Wildman–Crippen MR) is 73.2 cm³/mol. The molecule has 0 spiro atoms. The van der Waals surface area contributed by atoms with Gasteiger partial charge in [-0.3, -0.25) is 4.79 Å². The second-order valence-corrected chi connectivity index (χ2v) is 5.38. The van der Waals surface area contributed by atoms with Crippen molar-refractivity contribution in [1.29, 1.82) is 0 Å². The molecule has 0 bridgehead atoms. The first-order valence-corrected chi connectivity index (χ1v) is 6.89. The van der Waals surface area contributed by atoms with E-state index in [1.54, 1.807) is 0 Å². The van der Waals surface area contributed by atoms with Crippen LogP contribution in [0.15, 0.2) is 18.2 Å². The molecule has 3 N–H and O–H groups in total. The Hall–Kier alpha value is -1.42. The lowest BCUT2D eigenvalue weighted by Crippen LogP contribution is -2.32. The maximum Gasteiger partial charge on any atom is 0.248 e. The molecular formula is C15H21FN2O. The molecule has 1 aromatic rings. The van der Waals surface area contributed by atoms with Crippen molar-refractivity contribution in [3.8, 4) is 0 Å². The average molecular weight is 264 g/mol. The highest BCUT2D eigenvalue weighted by Crippen LogP contribution is 2.27. The van der Waals surface area contributed by atoms with E-state index in [-0.39, 0.29) is 5.82 Å². The smallest absolute Gasteiger partial charge is 0.248 e. The van der Waals surface area contributed by atoms with Crippen LogP contribution in [-0.2, 0) is 6.54 Å². The minimum Gasteiger partial charge on any atom is -0.366 e. The molecular weight excluding hydrogens is 243 g/mol. The second-order valence-electron chi connectivity index (χ2n) is 5.38. The molecule has 19 heavy (non-hydrogen) atoms. The van der Waals surface area contributed by atoms with Gasteiger partial charge in [0.1, 0.15) is 5.82 Å². The summed E-state index contributed by atoms with van der Waals surface area (Å²) in [7, 11) is 0. The lowest BCUT2D eigenvalue weighted by atomic mass is 9.99. The number of rotatable bonds is 5. The van der Waals surface area contributed by atoms with Crippen molar-refractivity contribution >= 4 is 5.91 Å². The van der Waals surface area contributed by atoms with Crippen molar-refractivity contribution in [2.45, 2.75) is 45.2 Å². The van der Waals surface area contributed by atoms with Gasteiger partial charge in [-0.1, -0.05) is 12.8 Å². The molecule has 1 fully saturated rings. The zero-order valence-corrected chi connectivity index (χ0v) is 11.3. The molecule has 1 aliphatic carbocycles. The largest absolute Gasteiger partial charge is 0.366 e. The van der Waals surface area contributed by atoms with Crippen LogP contribution in [0, 0.1) is 11.7 Å². The lowest BCUT2D eigenvalue weighted by molar-refractivity contribution is 0.1000. The highest BCUT2D eigenvalue weighted by atomic mass is 19.1. The molecule has 0 heterocycles. The van der Waals surface area contributed by atoms with E-state index < -0.39 is 5.91 Å². The van der Waals surface area contributed by atoms with Crippen LogP contribution in [-0.4, -0.2) is 11.9 Å². The van der Waals surface area contributed by atoms with E-state index in [9.17, 15) is 9.18 Å². The number of amides is 1. The van der Waals surface area contributed by atoms with Crippen LogP contribution in [0.4, 0.5) is 4.39 Å². The van der Waals surface area contributed by atoms with Gasteiger partial charge in [-0.2, -0.15) is 0 Å². The van der Waals surface area contributed by atoms with Gasteiger partial charge in [0.2, 0.25) is 5.91 Å². The molecule has 1 aromatic carbocycles. The quantitative estimate of drug-likeness (QED) is 0.859. The molecule has 4 heteroatoms. The van der Waals surface area contributed by atoms with E-state index in [1.165, 1.54) is 43.9 Å². The average Bonchev–Trinajstić information content (AvgIpc) is 2.91. The van der Waals surface area contributed by atoms with Crippen molar-refractivity contribution in [2.24, 2.45) is 11.7 Å². The van der Waals surface area contributed by atoms with Crippen LogP contribution in [0.2, 0.25) is 0 Å². The number of carbonyl (C=O) groups excluding carboxylic acids is 1. The number of carbonyl (C=O) groups is 1. The summed E-state index contributed by atoms with van der Waals surface area (Å²) in [5, 5.41) is 3.36. The Morgan fingerprint density at radius 1 is 1.47 bits per heavy atom. The maximum absolute atomic E-state index is 13.7. The number of hydrogen-bond donors (Lipinski definition) is 2. The summed E-state index contributed by atoms with van der Waals surface area (Å²) in [6.45, 7) is 2.58. The minimum atomic E-state index is -0.523. The van der Waals surface area contributed by atoms with Crippen LogP contribution in [0.1, 0.15) is 48.5 Å². The van der Waals surface area contributed by atoms with Gasteiger partial charge in [-0.25, -0.2) is 4.39 Å². The summed E-state index contributed by atoms with van der Waals surface area (Å²) in [5.74, 6) is -0.136. The predicted octanol–water partition coefficient (Wildman–Crippen LogP) is 2.59. The lowest BCUT2D eigenvalue weighted by Gasteiger charge is -2.20. The first-order chi connectivity index (χ1) is 9.08. The Morgan fingerprint density at radius 3 is 2.79 bits per heavy atom. The molecule has 1 saturated carbocycles. The SMILES string of the molecule is CC(NCc1cc(C(N)=O)ccc1F)C1CCCC1. The second kappa shape index (κ2) is 6.15. The zero-order chi connectivity index (χ0) is 13.8. The minimum absolute atomic E-state index is 0.295. The van der Waals surface area contributed by atoms with Gasteiger partial charge < -0.3 is 11.1 Å². The number of primary amides is 1. The molecule has 1 amide bonds. The van der Waals surface area contributed by atoms with Gasteiger partial charge in [-0.05, 0) is 43.9 Å². The van der Waals surface area contributed by atoms with Gasteiger partial charge in [0.25, 0.3) is 0 Å². The molecule has 3 nitrogen and oxygen atoms in total. The van der Waals surface area contributed by atoms with Crippen LogP contribution in [0.3, 0.4) is 0 Å². The summed E-state index contributed by atoms with van der Waals surface area (Å²) in [6, 6.07) is 4.63. The van der Waals surface area contributed by atoms with E-state index in [1.807, 2.05) is 0 Å². The van der Waals surface area contributed by atoms with E-state index >= 15 is 0 Å². The third-order valence-electron chi connectivity index (χ3n) is 4.05. The highest BCUT2D eigenvalue weighted by Gasteiger charge is 2.21. The van der Waals surface area contributed by atoms with Crippen molar-refractivity contribution < 1.29 is 9.18 Å². The summed E-state index contributed by atoms with van der Waals surface area (Å²) in [5.41, 5.74) is 6.06. The summed E-state index contributed by atoms with van der Waals surface area (Å²) in [4.78, 5) is 11.1. The van der Waals surface area contributed by atoms with Crippen LogP contribution < -0.4 is 11.1 Å². The summed E-state index contributed by atoms with van der Waals surface area (Å²) >= 11 is 0. The third kappa shape index (κ3) is 3.53. The number of nitrogens with one attached hydrogen (secondary N) is 1. The molecule has 2 rings (SSSR count). The van der Waals surface area contributed by atoms with Gasteiger partial charge >= 0.3 is 0 Å². The Kier molecular flexibility index (Phi) is 4.53. The maximum atomic E-state index is 13.7. The van der Waals surface area contributed by atoms with E-state index in [4.69, 9.17) is 5.73 Å². The fraction of sp³-hybridized carbons (Fsp3) is 0.533. The number of hydrogen-bond acceptors (Lipinski definition) is 2. The monoisotopic (exact) mass is 264 g/mol. The van der Waals surface area contributed by atoms with Crippen LogP contribution >= 0.6 is 0 Å². The number of halogens is 1. The third-order valence-corrected chi connectivity index (χ3v) is 4.05. The normalized spacial score (nSPS) is 17.6. The van der Waals surface area contributed by atoms with Crippen molar-refractivity contribution in [2.75, 3.05) is 0 Å². The zero-order valence-electron chi connectivity index (χ0n) is 11.3. The fourth-order valence-corrected chi connectivity index (χ4v) is 2.76. The molecule has 1 aliphatic rings. The molecule has 0 aliphatic heterocycles. The first kappa shape index (κ1) is 14.0. The van der Waals surface area contributed by atoms with E-state index in [2.05, 4.69) is 12.2 Å². The first-order valence-electron chi connectivity index (χ1n) is 6.89. The summed E-state index contributed by atoms with van der Waals surface area (Å²) < 4.78 is 13.7. The van der Waals surface area contributed by atoms with Gasteiger partial charge in [0, 0.05) is 23.7 Å². The van der Waals surface area contributed by atoms with E-state index in [0.29, 0.717) is 29.6 Å². The molecule has 1 unspecified atom stereocenters. The summed E-state index contributed by atoms with van der Waals surface area (Å²) in [6.07, 6.45) is 5.08. The van der Waals surface area contributed by atoms with E-state index in [0.717, 1.165) is 0 Å². The standard InChI is InChI=1S/C15H21FN2O/c1-10(11-4-2-3-5-11)18-9-13-8-12(15(17)19)6-7-14(13)16/h6-8,10-11,18H,2-5,9H2,1H3,(H2,17,19). The van der Waals surface area contributed by atoms with Crippen LogP contribution in [0.25, 0.3) is 0 Å². The molecule has 1 atom stereocenters. The molecule has 0 radical (unpaired) electrons. The van der Waals surface area contributed by atoms with Crippen LogP contribution in [0.5, 0.6) is 0 Å². The van der Waals surface area contributed by atoms with Crippen molar-refractivity contribution in [3.63, 3.8) is 0 Å². The van der Waals surface area contributed by atoms with Gasteiger partial charge in [0.05, 0.1) is 0 Å². The Balaban J connectivity index is 1.98.